The number of carboxylic acids is 1. The summed E-state index contributed by atoms with van der Waals surface area (Å²) in [6, 6.07) is 7.92. The lowest BCUT2D eigenvalue weighted by Crippen LogP contribution is -2.40. The Morgan fingerprint density at radius 1 is 1.11 bits per heavy atom. The maximum Gasteiger partial charge on any atom is 0.416 e. The summed E-state index contributed by atoms with van der Waals surface area (Å²) in [5, 5.41) is 12.7. The van der Waals surface area contributed by atoms with Crippen LogP contribution >= 0.6 is 11.3 Å². The number of aliphatic carboxylic acids is 1. The summed E-state index contributed by atoms with van der Waals surface area (Å²) in [4.78, 5) is 45.5. The maximum absolute atomic E-state index is 14.0. The van der Waals surface area contributed by atoms with Crippen molar-refractivity contribution in [3.63, 3.8) is 0 Å². The second-order valence-corrected chi connectivity index (χ2v) is 13.2. The van der Waals surface area contributed by atoms with Crippen molar-refractivity contribution in [3.8, 4) is 11.1 Å². The number of carbonyl (C=O) groups excluding carboxylic acids is 1. The summed E-state index contributed by atoms with van der Waals surface area (Å²) >= 11 is 1.46. The minimum absolute atomic E-state index is 0.00846. The number of aryl methyl sites for hydroxylation is 2. The molecule has 0 aliphatic carbocycles. The number of fused-ring (bicyclic) bond motifs is 1. The molecule has 2 atom stereocenters. The number of halogens is 3. The van der Waals surface area contributed by atoms with E-state index in [1.807, 2.05) is 52.0 Å². The SMILES string of the molecule is Cc1cccc(C)c1-c1cc([C@@H](CC(=O)O)NC(=O)[C@H](CC(C)C)n2cc(CCN(C)C)c(C(F)(F)F)cc2=O)cc2ncsc12. The van der Waals surface area contributed by atoms with Gasteiger partial charge >= 0.3 is 12.1 Å². The first kappa shape index (κ1) is 34.8. The van der Waals surface area contributed by atoms with Crippen molar-refractivity contribution >= 4 is 33.4 Å². The molecule has 0 saturated carbocycles. The Morgan fingerprint density at radius 3 is 2.37 bits per heavy atom. The van der Waals surface area contributed by atoms with Gasteiger partial charge in [-0.2, -0.15) is 13.2 Å². The molecule has 4 rings (SSSR count). The summed E-state index contributed by atoms with van der Waals surface area (Å²) < 4.78 is 43.8. The molecule has 12 heteroatoms. The van der Waals surface area contributed by atoms with Gasteiger partial charge in [0.1, 0.15) is 6.04 Å². The number of nitrogens with one attached hydrogen (secondary N) is 1. The van der Waals surface area contributed by atoms with Crippen LogP contribution in [0.4, 0.5) is 13.2 Å². The molecule has 2 aromatic heterocycles. The highest BCUT2D eigenvalue weighted by atomic mass is 32.1. The van der Waals surface area contributed by atoms with E-state index in [2.05, 4.69) is 10.3 Å². The highest BCUT2D eigenvalue weighted by molar-refractivity contribution is 7.17. The molecule has 0 unspecified atom stereocenters. The standard InChI is InChI=1S/C34H39F3N4O4S/c1-19(2)12-28(41-17-22(10-11-40(5)6)25(15-29(41)42)34(35,36)37)33(45)39-26(16-30(43)44)23-13-24(32-27(14-23)38-18-46-32)31-20(3)8-7-9-21(31)4/h7-9,13-15,17-19,26,28H,10-12,16H2,1-6H3,(H,39,45)(H,43,44)/t26-,28+/m1/s1. The van der Waals surface area contributed by atoms with Crippen molar-refractivity contribution in [2.75, 3.05) is 20.6 Å². The van der Waals surface area contributed by atoms with Gasteiger partial charge in [-0.1, -0.05) is 32.0 Å². The van der Waals surface area contributed by atoms with Crippen LogP contribution in [0, 0.1) is 19.8 Å². The number of pyridine rings is 1. The van der Waals surface area contributed by atoms with Crippen LogP contribution in [-0.2, 0) is 22.2 Å². The van der Waals surface area contributed by atoms with Crippen molar-refractivity contribution in [1.82, 2.24) is 19.8 Å². The summed E-state index contributed by atoms with van der Waals surface area (Å²) in [5.41, 5.74) is 4.67. The lowest BCUT2D eigenvalue weighted by Gasteiger charge is -2.26. The number of nitrogens with zero attached hydrogens (tertiary/aromatic N) is 3. The molecule has 46 heavy (non-hydrogen) atoms. The number of rotatable bonds is 12. The third-order valence-corrected chi connectivity index (χ3v) is 8.81. The van der Waals surface area contributed by atoms with Crippen LogP contribution in [0.15, 0.2) is 52.9 Å². The molecular weight excluding hydrogens is 617 g/mol. The van der Waals surface area contributed by atoms with Crippen LogP contribution in [0.1, 0.15) is 66.6 Å². The number of amides is 1. The van der Waals surface area contributed by atoms with Crippen molar-refractivity contribution in [1.29, 1.82) is 0 Å². The van der Waals surface area contributed by atoms with Crippen molar-refractivity contribution in [3.05, 3.63) is 86.3 Å². The number of alkyl halides is 3. The molecule has 0 saturated heterocycles. The van der Waals surface area contributed by atoms with Crippen LogP contribution < -0.4 is 10.9 Å². The van der Waals surface area contributed by atoms with Crippen LogP contribution in [0.3, 0.4) is 0 Å². The van der Waals surface area contributed by atoms with E-state index in [4.69, 9.17) is 0 Å². The monoisotopic (exact) mass is 656 g/mol. The molecule has 246 valence electrons. The number of hydrogen-bond acceptors (Lipinski definition) is 6. The van der Waals surface area contributed by atoms with Crippen molar-refractivity contribution in [2.45, 2.75) is 65.2 Å². The quantitative estimate of drug-likeness (QED) is 0.174. The minimum Gasteiger partial charge on any atom is -0.481 e. The van der Waals surface area contributed by atoms with Gasteiger partial charge in [0.25, 0.3) is 5.56 Å². The summed E-state index contributed by atoms with van der Waals surface area (Å²) in [6.07, 6.45) is -3.92. The molecule has 0 aliphatic heterocycles. The Bertz CT molecular complexity index is 1780. The van der Waals surface area contributed by atoms with E-state index in [9.17, 15) is 32.7 Å². The van der Waals surface area contributed by atoms with Gasteiger partial charge in [-0.25, -0.2) is 4.98 Å². The largest absolute Gasteiger partial charge is 0.481 e. The molecule has 1 amide bonds. The predicted molar refractivity (Wildman–Crippen MR) is 174 cm³/mol. The normalized spacial score (nSPS) is 13.4. The number of benzene rings is 2. The Hall–Kier alpha value is -4.03. The van der Waals surface area contributed by atoms with Gasteiger partial charge in [0.15, 0.2) is 0 Å². The van der Waals surface area contributed by atoms with Crippen LogP contribution in [0.2, 0.25) is 0 Å². The zero-order valence-corrected chi connectivity index (χ0v) is 27.6. The first-order valence-corrected chi connectivity index (χ1v) is 15.9. The number of likely N-dealkylation sites (N-methyl/N-ethyl adjacent to an activating group) is 1. The Balaban J connectivity index is 1.81. The summed E-state index contributed by atoms with van der Waals surface area (Å²) in [5.74, 6) is -1.93. The molecule has 8 nitrogen and oxygen atoms in total. The summed E-state index contributed by atoms with van der Waals surface area (Å²) in [6.45, 7) is 7.95. The van der Waals surface area contributed by atoms with E-state index in [-0.39, 0.29) is 24.3 Å². The van der Waals surface area contributed by atoms with Gasteiger partial charge in [-0.3, -0.25) is 14.4 Å². The first-order valence-electron chi connectivity index (χ1n) is 15.0. The molecule has 0 bridgehead atoms. The fourth-order valence-corrected chi connectivity index (χ4v) is 6.54. The van der Waals surface area contributed by atoms with E-state index in [1.165, 1.54) is 11.3 Å². The number of carbonyl (C=O) groups is 2. The molecule has 4 aromatic rings. The fraction of sp³-hybridized carbons (Fsp3) is 0.412. The molecule has 2 aromatic carbocycles. The van der Waals surface area contributed by atoms with Crippen molar-refractivity contribution < 1.29 is 27.9 Å². The highest BCUT2D eigenvalue weighted by Gasteiger charge is 2.36. The third-order valence-electron chi connectivity index (χ3n) is 7.93. The second kappa shape index (κ2) is 14.2. The Labute approximate surface area is 269 Å². The van der Waals surface area contributed by atoms with Crippen LogP contribution in [-0.4, -0.2) is 52.1 Å². The van der Waals surface area contributed by atoms with E-state index in [0.717, 1.165) is 37.7 Å². The lowest BCUT2D eigenvalue weighted by molar-refractivity contribution is -0.139. The summed E-state index contributed by atoms with van der Waals surface area (Å²) in [7, 11) is 3.46. The zero-order valence-electron chi connectivity index (χ0n) is 26.7. The minimum atomic E-state index is -4.75. The van der Waals surface area contributed by atoms with Gasteiger partial charge in [0.2, 0.25) is 5.91 Å². The van der Waals surface area contributed by atoms with E-state index in [1.54, 1.807) is 30.6 Å². The number of hydrogen-bond donors (Lipinski definition) is 2. The Kier molecular flexibility index (Phi) is 10.7. The van der Waals surface area contributed by atoms with E-state index in [0.29, 0.717) is 23.7 Å². The average Bonchev–Trinajstić information content (AvgIpc) is 3.43. The van der Waals surface area contributed by atoms with Crippen LogP contribution in [0.5, 0.6) is 0 Å². The number of carboxylic acid groups (broad SMARTS) is 1. The number of aromatic nitrogens is 2. The van der Waals surface area contributed by atoms with Gasteiger partial charge in [-0.05, 0) is 86.7 Å². The predicted octanol–water partition coefficient (Wildman–Crippen LogP) is 6.78. The van der Waals surface area contributed by atoms with Gasteiger partial charge in [-0.15, -0.1) is 11.3 Å². The lowest BCUT2D eigenvalue weighted by atomic mass is 9.92. The van der Waals surface area contributed by atoms with E-state index < -0.39 is 47.7 Å². The van der Waals surface area contributed by atoms with Gasteiger partial charge in [0, 0.05) is 24.4 Å². The molecular formula is C34H39F3N4O4S. The first-order chi connectivity index (χ1) is 21.6. The molecule has 2 N–H and O–H groups in total. The smallest absolute Gasteiger partial charge is 0.416 e. The molecule has 0 radical (unpaired) electrons. The molecule has 0 aliphatic rings. The third kappa shape index (κ3) is 8.03. The highest BCUT2D eigenvalue weighted by Crippen LogP contribution is 2.38. The number of thiazole rings is 1. The maximum atomic E-state index is 14.0. The topological polar surface area (TPSA) is 105 Å². The molecule has 0 fully saturated rings. The van der Waals surface area contributed by atoms with Gasteiger partial charge < -0.3 is 19.9 Å². The average molecular weight is 657 g/mol. The fourth-order valence-electron chi connectivity index (χ4n) is 5.75. The van der Waals surface area contributed by atoms with Gasteiger partial charge in [0.05, 0.1) is 33.8 Å². The Morgan fingerprint density at radius 2 is 1.78 bits per heavy atom. The molecule has 2 heterocycles. The van der Waals surface area contributed by atoms with Crippen molar-refractivity contribution in [2.24, 2.45) is 5.92 Å². The van der Waals surface area contributed by atoms with E-state index >= 15 is 0 Å². The molecule has 0 spiro atoms. The van der Waals surface area contributed by atoms with Crippen LogP contribution in [0.25, 0.3) is 21.3 Å². The second-order valence-electron chi connectivity index (χ2n) is 12.3. The zero-order chi connectivity index (χ0) is 33.9.